The highest BCUT2D eigenvalue weighted by Crippen LogP contribution is 2.44. The Balaban J connectivity index is 1.96. The van der Waals surface area contributed by atoms with Crippen LogP contribution in [0.25, 0.3) is 0 Å². The molecule has 0 aromatic carbocycles. The van der Waals surface area contributed by atoms with Crippen LogP contribution in [0.4, 0.5) is 0 Å². The molecule has 0 radical (unpaired) electrons. The Morgan fingerprint density at radius 1 is 1.00 bits per heavy atom. The SMILES string of the molecule is CC1(C)O[C@@H]2COc3c(C(=O)O)sc(C(=O)O)c3OC[C@H]2O1. The van der Waals surface area contributed by atoms with Gasteiger partial charge in [-0.1, -0.05) is 0 Å². The predicted molar refractivity (Wildman–Crippen MR) is 73.1 cm³/mol. The van der Waals surface area contributed by atoms with Crippen molar-refractivity contribution in [1.29, 1.82) is 0 Å². The summed E-state index contributed by atoms with van der Waals surface area (Å²) in [6, 6.07) is 0. The van der Waals surface area contributed by atoms with Gasteiger partial charge in [-0.2, -0.15) is 0 Å². The fraction of sp³-hybridized carbons (Fsp3) is 0.538. The van der Waals surface area contributed by atoms with Crippen LogP contribution in [0.1, 0.15) is 33.2 Å². The quantitative estimate of drug-likeness (QED) is 0.838. The number of carboxylic acids is 2. The lowest BCUT2D eigenvalue weighted by atomic mass is 10.2. The van der Waals surface area contributed by atoms with Crippen molar-refractivity contribution < 1.29 is 38.7 Å². The van der Waals surface area contributed by atoms with Crippen LogP contribution in [0.15, 0.2) is 0 Å². The molecule has 1 aromatic heterocycles. The molecule has 0 unspecified atom stereocenters. The lowest BCUT2D eigenvalue weighted by Crippen LogP contribution is -2.35. The number of aromatic carboxylic acids is 2. The van der Waals surface area contributed by atoms with Crippen LogP contribution in [0, 0.1) is 0 Å². The van der Waals surface area contributed by atoms with E-state index in [0.29, 0.717) is 11.3 Å². The largest absolute Gasteiger partial charge is 0.485 e. The molecule has 9 heteroatoms. The van der Waals surface area contributed by atoms with Gasteiger partial charge in [-0.3, -0.25) is 0 Å². The average molecular weight is 330 g/mol. The van der Waals surface area contributed by atoms with Crippen LogP contribution in [0.5, 0.6) is 11.5 Å². The molecule has 0 amide bonds. The van der Waals surface area contributed by atoms with Crippen molar-refractivity contribution in [3.63, 3.8) is 0 Å². The smallest absolute Gasteiger partial charge is 0.349 e. The molecular weight excluding hydrogens is 316 g/mol. The highest BCUT2D eigenvalue weighted by atomic mass is 32.1. The molecule has 1 saturated heterocycles. The van der Waals surface area contributed by atoms with Gasteiger partial charge in [0.2, 0.25) is 0 Å². The first-order chi connectivity index (χ1) is 10.3. The number of thiophene rings is 1. The zero-order valence-corrected chi connectivity index (χ0v) is 12.6. The van der Waals surface area contributed by atoms with Gasteiger partial charge in [-0.05, 0) is 13.8 Å². The highest BCUT2D eigenvalue weighted by Gasteiger charge is 2.44. The van der Waals surface area contributed by atoms with E-state index in [9.17, 15) is 19.8 Å². The van der Waals surface area contributed by atoms with E-state index < -0.39 is 29.9 Å². The number of carboxylic acid groups (broad SMARTS) is 2. The minimum absolute atomic E-state index is 0.0561. The Bertz CT molecular complexity index is 584. The van der Waals surface area contributed by atoms with Crippen molar-refractivity contribution in [2.24, 2.45) is 0 Å². The van der Waals surface area contributed by atoms with Gasteiger partial charge < -0.3 is 29.2 Å². The van der Waals surface area contributed by atoms with E-state index in [2.05, 4.69) is 0 Å². The van der Waals surface area contributed by atoms with Gasteiger partial charge in [-0.25, -0.2) is 9.59 Å². The molecule has 0 spiro atoms. The third-order valence-corrected chi connectivity index (χ3v) is 4.41. The topological polar surface area (TPSA) is 112 Å². The summed E-state index contributed by atoms with van der Waals surface area (Å²) in [7, 11) is 0. The minimum atomic E-state index is -1.27. The van der Waals surface area contributed by atoms with E-state index in [1.807, 2.05) is 0 Å². The molecule has 0 saturated carbocycles. The molecule has 3 heterocycles. The van der Waals surface area contributed by atoms with Gasteiger partial charge in [-0.15, -0.1) is 11.3 Å². The molecule has 2 atom stereocenters. The van der Waals surface area contributed by atoms with Gasteiger partial charge in [0.25, 0.3) is 0 Å². The molecule has 120 valence electrons. The predicted octanol–water partition coefficient (Wildman–Crippen LogP) is 1.44. The molecule has 2 aliphatic rings. The summed E-state index contributed by atoms with van der Waals surface area (Å²) < 4.78 is 22.3. The average Bonchev–Trinajstić information content (AvgIpc) is 2.88. The highest BCUT2D eigenvalue weighted by molar-refractivity contribution is 7.16. The van der Waals surface area contributed by atoms with Gasteiger partial charge in [0, 0.05) is 0 Å². The Kier molecular flexibility index (Phi) is 3.50. The Labute approximate surface area is 129 Å². The second kappa shape index (κ2) is 5.11. The Morgan fingerprint density at radius 2 is 1.41 bits per heavy atom. The second-order valence-electron chi connectivity index (χ2n) is 5.36. The molecule has 0 bridgehead atoms. The first-order valence-electron chi connectivity index (χ1n) is 6.53. The van der Waals surface area contributed by atoms with Crippen LogP contribution in [0.2, 0.25) is 0 Å². The van der Waals surface area contributed by atoms with Gasteiger partial charge in [0.05, 0.1) is 0 Å². The maximum Gasteiger partial charge on any atom is 0.349 e. The van der Waals surface area contributed by atoms with Crippen LogP contribution in [-0.2, 0) is 9.47 Å². The van der Waals surface area contributed by atoms with Crippen LogP contribution in [0.3, 0.4) is 0 Å². The molecule has 1 fully saturated rings. The number of hydrogen-bond donors (Lipinski definition) is 2. The number of fused-ring (bicyclic) bond motifs is 2. The fourth-order valence-corrected chi connectivity index (χ4v) is 3.33. The summed E-state index contributed by atoms with van der Waals surface area (Å²) in [5.41, 5.74) is 0. The Hall–Kier alpha value is -1.84. The molecule has 0 aliphatic carbocycles. The fourth-order valence-electron chi connectivity index (χ4n) is 2.47. The minimum Gasteiger partial charge on any atom is -0.485 e. The van der Waals surface area contributed by atoms with Crippen molar-refractivity contribution in [2.45, 2.75) is 31.8 Å². The van der Waals surface area contributed by atoms with Gasteiger partial charge in [0.15, 0.2) is 27.0 Å². The molecule has 3 rings (SSSR count). The second-order valence-corrected chi connectivity index (χ2v) is 6.38. The molecule has 2 N–H and O–H groups in total. The van der Waals surface area contributed by atoms with Crippen molar-refractivity contribution >= 4 is 23.3 Å². The maximum atomic E-state index is 11.3. The van der Waals surface area contributed by atoms with Crippen LogP contribution in [-0.4, -0.2) is 53.4 Å². The third kappa shape index (κ3) is 2.51. The van der Waals surface area contributed by atoms with Gasteiger partial charge >= 0.3 is 11.9 Å². The van der Waals surface area contributed by atoms with E-state index in [1.54, 1.807) is 13.8 Å². The number of rotatable bonds is 2. The van der Waals surface area contributed by atoms with Crippen molar-refractivity contribution in [1.82, 2.24) is 0 Å². The first-order valence-corrected chi connectivity index (χ1v) is 7.35. The van der Waals surface area contributed by atoms with E-state index in [-0.39, 0.29) is 34.5 Å². The lowest BCUT2D eigenvalue weighted by molar-refractivity contribution is -0.149. The standard InChI is InChI=1S/C13H14O8S/c1-13(2)20-5-3-18-7-8(19-4-6(5)21-13)10(12(16)17)22-9(7)11(14)15/h5-6H,3-4H2,1-2H3,(H,14,15)(H,16,17)/t5-,6-/m1/s1. The monoisotopic (exact) mass is 330 g/mol. The summed E-state index contributed by atoms with van der Waals surface area (Å²) in [6.07, 6.45) is -0.837. The normalized spacial score (nSPS) is 25.9. The molecule has 1 aromatic rings. The van der Waals surface area contributed by atoms with E-state index in [4.69, 9.17) is 18.9 Å². The number of carbonyl (C=O) groups is 2. The van der Waals surface area contributed by atoms with Crippen molar-refractivity contribution in [3.05, 3.63) is 9.75 Å². The molecule has 22 heavy (non-hydrogen) atoms. The summed E-state index contributed by atoms with van der Waals surface area (Å²) in [4.78, 5) is 22.1. The van der Waals surface area contributed by atoms with E-state index in [1.165, 1.54) is 0 Å². The molecule has 2 aliphatic heterocycles. The first kappa shape index (κ1) is 15.1. The van der Waals surface area contributed by atoms with E-state index >= 15 is 0 Å². The van der Waals surface area contributed by atoms with Gasteiger partial charge in [0.1, 0.15) is 25.4 Å². The molecular formula is C13H14O8S. The van der Waals surface area contributed by atoms with Crippen molar-refractivity contribution in [3.8, 4) is 11.5 Å². The van der Waals surface area contributed by atoms with Crippen molar-refractivity contribution in [2.75, 3.05) is 13.2 Å². The summed E-state index contributed by atoms with van der Waals surface area (Å²) in [5.74, 6) is -3.47. The number of ether oxygens (including phenoxy) is 4. The van der Waals surface area contributed by atoms with E-state index in [0.717, 1.165) is 0 Å². The van der Waals surface area contributed by atoms with Crippen LogP contribution >= 0.6 is 11.3 Å². The summed E-state index contributed by atoms with van der Waals surface area (Å²) >= 11 is 0.607. The summed E-state index contributed by atoms with van der Waals surface area (Å²) in [5, 5.41) is 18.4. The zero-order valence-electron chi connectivity index (χ0n) is 11.8. The third-order valence-electron chi connectivity index (χ3n) is 3.28. The Morgan fingerprint density at radius 3 is 1.77 bits per heavy atom. The lowest BCUT2D eigenvalue weighted by Gasteiger charge is -2.22. The number of hydrogen-bond acceptors (Lipinski definition) is 7. The van der Waals surface area contributed by atoms with Crippen LogP contribution < -0.4 is 9.47 Å². The zero-order chi connectivity index (χ0) is 16.1. The summed E-state index contributed by atoms with van der Waals surface area (Å²) in [6.45, 7) is 3.61. The maximum absolute atomic E-state index is 11.3. The molecule has 8 nitrogen and oxygen atoms in total.